The number of esters is 1. The maximum Gasteiger partial charge on any atom is 0.335 e. The van der Waals surface area contributed by atoms with Crippen molar-refractivity contribution >= 4 is 16.9 Å². The fourth-order valence-electron chi connectivity index (χ4n) is 3.48. The number of para-hydroxylation sites is 1. The molecule has 0 aliphatic rings. The Hall–Kier alpha value is -3.34. The second-order valence-electron chi connectivity index (χ2n) is 7.43. The molecule has 1 aromatic heterocycles. The second kappa shape index (κ2) is 9.44. The number of carbonyl (C=O) groups excluding carboxylic acids is 1. The summed E-state index contributed by atoms with van der Waals surface area (Å²) < 4.78 is 12.3. The van der Waals surface area contributed by atoms with Crippen LogP contribution < -0.4 is 10.3 Å². The smallest absolute Gasteiger partial charge is 0.335 e. The third kappa shape index (κ3) is 4.62. The summed E-state index contributed by atoms with van der Waals surface area (Å²) in [6, 6.07) is 17.2. The zero-order chi connectivity index (χ0) is 21.7. The van der Waals surface area contributed by atoms with Crippen molar-refractivity contribution in [2.75, 3.05) is 6.79 Å². The molecule has 0 N–H and O–H groups in total. The number of carbonyl (C=O) groups is 1. The maximum absolute atomic E-state index is 13.4. The van der Waals surface area contributed by atoms with Gasteiger partial charge in [0.2, 0.25) is 6.79 Å². The van der Waals surface area contributed by atoms with Crippen LogP contribution in [0.25, 0.3) is 22.0 Å². The monoisotopic (exact) mass is 405 g/mol. The van der Waals surface area contributed by atoms with E-state index in [1.54, 1.807) is 19.1 Å². The Morgan fingerprint density at radius 1 is 1.13 bits per heavy atom. The fraction of sp³-hybridized carbons (Fsp3) is 0.280. The predicted octanol–water partition coefficient (Wildman–Crippen LogP) is 5.49. The molecule has 1 atom stereocenters. The van der Waals surface area contributed by atoms with Gasteiger partial charge in [-0.1, -0.05) is 50.3 Å². The van der Waals surface area contributed by atoms with Crippen molar-refractivity contribution < 1.29 is 14.3 Å². The van der Waals surface area contributed by atoms with E-state index in [1.165, 1.54) is 0 Å². The number of fused-ring (bicyclic) bond motifs is 1. The van der Waals surface area contributed by atoms with Crippen molar-refractivity contribution in [3.05, 3.63) is 77.1 Å². The van der Waals surface area contributed by atoms with E-state index >= 15 is 0 Å². The van der Waals surface area contributed by atoms with Gasteiger partial charge in [0.05, 0.1) is 5.52 Å². The minimum absolute atomic E-state index is 0.00120. The van der Waals surface area contributed by atoms with Gasteiger partial charge in [-0.05, 0) is 55.5 Å². The van der Waals surface area contributed by atoms with Crippen molar-refractivity contribution in [3.63, 3.8) is 0 Å². The molecule has 2 aromatic carbocycles. The van der Waals surface area contributed by atoms with E-state index in [4.69, 9.17) is 9.47 Å². The highest BCUT2D eigenvalue weighted by Gasteiger charge is 2.15. The molecule has 5 nitrogen and oxygen atoms in total. The lowest BCUT2D eigenvalue weighted by Gasteiger charge is -2.19. The summed E-state index contributed by atoms with van der Waals surface area (Å²) in [5, 5.41) is 1.03. The van der Waals surface area contributed by atoms with Gasteiger partial charge in [0.15, 0.2) is 0 Å². The van der Waals surface area contributed by atoms with E-state index in [0.29, 0.717) is 16.9 Å². The van der Waals surface area contributed by atoms with Gasteiger partial charge in [-0.15, -0.1) is 0 Å². The van der Waals surface area contributed by atoms with Crippen LogP contribution >= 0.6 is 0 Å². The standard InChI is InChI=1S/C25H27NO4/c1-5-8-18(4)26-23-10-7-6-9-20(23)15-22(24(26)27)19-11-13-21(14-12-19)29-16-30-25(28)17(2)3/h6-7,9-15,18H,2,5,8,16H2,1,3-4H3. The fourth-order valence-corrected chi connectivity index (χ4v) is 3.48. The molecule has 5 heteroatoms. The molecule has 0 aliphatic heterocycles. The van der Waals surface area contributed by atoms with E-state index in [2.05, 4.69) is 20.4 Å². The molecule has 0 bridgehead atoms. The van der Waals surface area contributed by atoms with Gasteiger partial charge in [-0.3, -0.25) is 4.79 Å². The van der Waals surface area contributed by atoms with Gasteiger partial charge in [0.1, 0.15) is 5.75 Å². The third-order valence-corrected chi connectivity index (χ3v) is 5.02. The summed E-state index contributed by atoms with van der Waals surface area (Å²) >= 11 is 0. The molecule has 1 heterocycles. The second-order valence-corrected chi connectivity index (χ2v) is 7.43. The van der Waals surface area contributed by atoms with Gasteiger partial charge in [-0.25, -0.2) is 4.79 Å². The van der Waals surface area contributed by atoms with Gasteiger partial charge < -0.3 is 14.0 Å². The molecule has 0 amide bonds. The van der Waals surface area contributed by atoms with Crippen LogP contribution in [-0.2, 0) is 9.53 Å². The number of hydrogen-bond acceptors (Lipinski definition) is 4. The van der Waals surface area contributed by atoms with Gasteiger partial charge >= 0.3 is 5.97 Å². The van der Waals surface area contributed by atoms with E-state index in [-0.39, 0.29) is 18.4 Å². The summed E-state index contributed by atoms with van der Waals surface area (Å²) in [6.45, 7) is 9.12. The summed E-state index contributed by atoms with van der Waals surface area (Å²) in [6.07, 6.45) is 1.94. The Kier molecular flexibility index (Phi) is 6.72. The minimum atomic E-state index is -0.496. The minimum Gasteiger partial charge on any atom is -0.457 e. The molecular formula is C25H27NO4. The van der Waals surface area contributed by atoms with E-state index in [0.717, 1.165) is 29.3 Å². The lowest BCUT2D eigenvalue weighted by atomic mass is 10.0. The SMILES string of the molecule is C=C(C)C(=O)OCOc1ccc(-c2cc3ccccc3n(C(C)CCC)c2=O)cc1. The molecule has 0 radical (unpaired) electrons. The Balaban J connectivity index is 1.91. The molecule has 0 fully saturated rings. The highest BCUT2D eigenvalue weighted by molar-refractivity contribution is 5.87. The number of nitrogens with zero attached hydrogens (tertiary/aromatic N) is 1. The summed E-state index contributed by atoms with van der Waals surface area (Å²) in [4.78, 5) is 24.8. The van der Waals surface area contributed by atoms with E-state index in [9.17, 15) is 9.59 Å². The van der Waals surface area contributed by atoms with Gasteiger partial charge in [0.25, 0.3) is 5.56 Å². The molecule has 1 unspecified atom stereocenters. The van der Waals surface area contributed by atoms with Crippen LogP contribution in [-0.4, -0.2) is 17.3 Å². The number of pyridine rings is 1. The third-order valence-electron chi connectivity index (χ3n) is 5.02. The average molecular weight is 405 g/mol. The molecule has 0 aliphatic carbocycles. The summed E-state index contributed by atoms with van der Waals surface area (Å²) in [5.41, 5.74) is 2.73. The molecule has 3 rings (SSSR count). The molecule has 156 valence electrons. The van der Waals surface area contributed by atoms with Crippen molar-refractivity contribution in [2.24, 2.45) is 0 Å². The quantitative estimate of drug-likeness (QED) is 0.283. The van der Waals surface area contributed by atoms with Crippen molar-refractivity contribution in [1.29, 1.82) is 0 Å². The first kappa shape index (κ1) is 21.4. The number of hydrogen-bond donors (Lipinski definition) is 0. The molecular weight excluding hydrogens is 378 g/mol. The average Bonchev–Trinajstić information content (AvgIpc) is 2.74. The normalized spacial score (nSPS) is 11.8. The summed E-state index contributed by atoms with van der Waals surface area (Å²) in [5.74, 6) is 0.0539. The first-order valence-electron chi connectivity index (χ1n) is 10.1. The lowest BCUT2D eigenvalue weighted by molar-refractivity contribution is -0.145. The number of aromatic nitrogens is 1. The van der Waals surface area contributed by atoms with Gasteiger partial charge in [-0.2, -0.15) is 0 Å². The molecule has 0 spiro atoms. The Bertz CT molecular complexity index is 1110. The number of ether oxygens (including phenoxy) is 2. The summed E-state index contributed by atoms with van der Waals surface area (Å²) in [7, 11) is 0. The van der Waals surface area contributed by atoms with Crippen molar-refractivity contribution in [2.45, 2.75) is 39.7 Å². The number of rotatable bonds is 8. The topological polar surface area (TPSA) is 57.5 Å². The van der Waals surface area contributed by atoms with Crippen LogP contribution in [0.15, 0.2) is 71.5 Å². The largest absolute Gasteiger partial charge is 0.457 e. The lowest BCUT2D eigenvalue weighted by Crippen LogP contribution is -2.25. The van der Waals surface area contributed by atoms with Crippen molar-refractivity contribution in [3.8, 4) is 16.9 Å². The van der Waals surface area contributed by atoms with Crippen LogP contribution in [0, 0.1) is 0 Å². The number of benzene rings is 2. The highest BCUT2D eigenvalue weighted by atomic mass is 16.7. The van der Waals surface area contributed by atoms with Crippen LogP contribution in [0.3, 0.4) is 0 Å². The zero-order valence-corrected chi connectivity index (χ0v) is 17.7. The zero-order valence-electron chi connectivity index (χ0n) is 17.7. The molecule has 3 aromatic rings. The Labute approximate surface area is 176 Å². The van der Waals surface area contributed by atoms with Crippen molar-refractivity contribution in [1.82, 2.24) is 4.57 Å². The molecule has 30 heavy (non-hydrogen) atoms. The van der Waals surface area contributed by atoms with Gasteiger partial charge in [0, 0.05) is 17.2 Å². The maximum atomic E-state index is 13.4. The Morgan fingerprint density at radius 3 is 2.50 bits per heavy atom. The van der Waals surface area contributed by atoms with Crippen LogP contribution in [0.1, 0.15) is 39.7 Å². The van der Waals surface area contributed by atoms with Crippen LogP contribution in [0.2, 0.25) is 0 Å². The van der Waals surface area contributed by atoms with Crippen LogP contribution in [0.4, 0.5) is 0 Å². The molecule has 0 saturated carbocycles. The Morgan fingerprint density at radius 2 is 1.83 bits per heavy atom. The predicted molar refractivity (Wildman–Crippen MR) is 120 cm³/mol. The molecule has 0 saturated heterocycles. The first-order valence-corrected chi connectivity index (χ1v) is 10.1. The van der Waals surface area contributed by atoms with E-state index < -0.39 is 5.97 Å². The van der Waals surface area contributed by atoms with E-state index in [1.807, 2.05) is 47.0 Å². The highest BCUT2D eigenvalue weighted by Crippen LogP contribution is 2.26. The first-order chi connectivity index (χ1) is 14.4. The van der Waals surface area contributed by atoms with Crippen LogP contribution in [0.5, 0.6) is 5.75 Å².